The number of nitrogens with two attached hydrogens (primary N) is 1. The van der Waals surface area contributed by atoms with Crippen LogP contribution in [0.25, 0.3) is 11.0 Å². The van der Waals surface area contributed by atoms with Gasteiger partial charge in [0, 0.05) is 16.4 Å². The molecule has 3 rings (SSSR count). The summed E-state index contributed by atoms with van der Waals surface area (Å²) in [5.41, 5.74) is 8.07. The van der Waals surface area contributed by atoms with E-state index in [0.717, 1.165) is 40.6 Å². The quantitative estimate of drug-likeness (QED) is 0.843. The second-order valence-corrected chi connectivity index (χ2v) is 5.47. The molecule has 1 saturated carbocycles. The first kappa shape index (κ1) is 10.3. The Morgan fingerprint density at radius 1 is 1.38 bits per heavy atom. The predicted molar refractivity (Wildman–Crippen MR) is 68.4 cm³/mol. The van der Waals surface area contributed by atoms with E-state index >= 15 is 0 Å². The van der Waals surface area contributed by atoms with Gasteiger partial charge in [0.15, 0.2) is 0 Å². The van der Waals surface area contributed by atoms with E-state index in [9.17, 15) is 0 Å². The minimum atomic E-state index is 0.352. The fourth-order valence-corrected chi connectivity index (χ4v) is 2.82. The number of hydrogen-bond acceptors (Lipinski definition) is 2. The molecular formula is C12H14BrN3. The van der Waals surface area contributed by atoms with Crippen LogP contribution in [0.15, 0.2) is 22.7 Å². The Balaban J connectivity index is 1.99. The van der Waals surface area contributed by atoms with Crippen molar-refractivity contribution in [3.05, 3.63) is 28.5 Å². The lowest BCUT2D eigenvalue weighted by molar-refractivity contribution is 0.651. The molecule has 84 valence electrons. The topological polar surface area (TPSA) is 54.7 Å². The van der Waals surface area contributed by atoms with E-state index in [1.165, 1.54) is 0 Å². The number of hydrogen-bond donors (Lipinski definition) is 2. The zero-order valence-electron chi connectivity index (χ0n) is 8.91. The molecule has 0 bridgehead atoms. The molecule has 1 aromatic carbocycles. The van der Waals surface area contributed by atoms with E-state index in [1.54, 1.807) is 0 Å². The van der Waals surface area contributed by atoms with Gasteiger partial charge in [-0.05, 0) is 37.5 Å². The predicted octanol–water partition coefficient (Wildman–Crippen LogP) is 2.92. The molecule has 2 atom stereocenters. The summed E-state index contributed by atoms with van der Waals surface area (Å²) < 4.78 is 1.08. The number of benzene rings is 1. The zero-order chi connectivity index (χ0) is 11.1. The maximum atomic E-state index is 5.93. The number of imidazole rings is 1. The third kappa shape index (κ3) is 1.76. The summed E-state index contributed by atoms with van der Waals surface area (Å²) in [5, 5.41) is 0. The fourth-order valence-electron chi connectivity index (χ4n) is 2.46. The van der Waals surface area contributed by atoms with Crippen molar-refractivity contribution in [1.82, 2.24) is 9.97 Å². The molecule has 3 nitrogen and oxygen atoms in total. The highest BCUT2D eigenvalue weighted by molar-refractivity contribution is 9.10. The fraction of sp³-hybridized carbons (Fsp3) is 0.417. The number of aromatic nitrogens is 2. The first-order valence-corrected chi connectivity index (χ1v) is 6.42. The summed E-state index contributed by atoms with van der Waals surface area (Å²) in [5.74, 6) is 1.61. The van der Waals surface area contributed by atoms with Gasteiger partial charge in [0.1, 0.15) is 5.82 Å². The average Bonchev–Trinajstić information content (AvgIpc) is 2.83. The maximum absolute atomic E-state index is 5.93. The van der Waals surface area contributed by atoms with Crippen LogP contribution in [0.2, 0.25) is 0 Å². The number of aromatic amines is 1. The number of H-pyrrole nitrogens is 1. The number of fused-ring (bicyclic) bond motifs is 1. The van der Waals surface area contributed by atoms with Gasteiger partial charge >= 0.3 is 0 Å². The highest BCUT2D eigenvalue weighted by atomic mass is 79.9. The summed E-state index contributed by atoms with van der Waals surface area (Å²) in [6, 6.07) is 6.48. The molecule has 0 radical (unpaired) electrons. The van der Waals surface area contributed by atoms with E-state index in [2.05, 4.69) is 32.0 Å². The Labute approximate surface area is 103 Å². The lowest BCUT2D eigenvalue weighted by Gasteiger charge is -2.04. The molecule has 2 unspecified atom stereocenters. The van der Waals surface area contributed by atoms with Gasteiger partial charge in [-0.2, -0.15) is 0 Å². The van der Waals surface area contributed by atoms with E-state index in [1.807, 2.05) is 12.1 Å². The lowest BCUT2D eigenvalue weighted by Crippen LogP contribution is -2.14. The molecule has 3 N–H and O–H groups in total. The van der Waals surface area contributed by atoms with Gasteiger partial charge in [0.25, 0.3) is 0 Å². The number of rotatable bonds is 1. The monoisotopic (exact) mass is 279 g/mol. The Morgan fingerprint density at radius 2 is 2.25 bits per heavy atom. The molecule has 0 amide bonds. The average molecular weight is 280 g/mol. The number of nitrogens with zero attached hydrogens (tertiary/aromatic N) is 1. The van der Waals surface area contributed by atoms with Crippen molar-refractivity contribution in [2.24, 2.45) is 5.73 Å². The molecule has 1 heterocycles. The molecule has 1 aliphatic carbocycles. The first-order valence-electron chi connectivity index (χ1n) is 5.63. The van der Waals surface area contributed by atoms with Crippen molar-refractivity contribution < 1.29 is 0 Å². The summed E-state index contributed by atoms with van der Waals surface area (Å²) in [7, 11) is 0. The van der Waals surface area contributed by atoms with Gasteiger partial charge in [-0.1, -0.05) is 15.9 Å². The van der Waals surface area contributed by atoms with Crippen molar-refractivity contribution >= 4 is 27.0 Å². The van der Waals surface area contributed by atoms with Crippen molar-refractivity contribution in [3.8, 4) is 0 Å². The van der Waals surface area contributed by atoms with Gasteiger partial charge < -0.3 is 10.7 Å². The van der Waals surface area contributed by atoms with Crippen LogP contribution in [0.3, 0.4) is 0 Å². The third-order valence-corrected chi connectivity index (χ3v) is 3.82. The minimum Gasteiger partial charge on any atom is -0.342 e. The van der Waals surface area contributed by atoms with E-state index in [0.29, 0.717) is 12.0 Å². The van der Waals surface area contributed by atoms with Gasteiger partial charge in [-0.25, -0.2) is 4.98 Å². The first-order chi connectivity index (χ1) is 7.72. The lowest BCUT2D eigenvalue weighted by atomic mass is 10.1. The van der Waals surface area contributed by atoms with Crippen molar-refractivity contribution in [2.75, 3.05) is 0 Å². The van der Waals surface area contributed by atoms with Crippen LogP contribution in [-0.4, -0.2) is 16.0 Å². The van der Waals surface area contributed by atoms with Gasteiger partial charge in [0.05, 0.1) is 11.0 Å². The molecule has 1 fully saturated rings. The second-order valence-electron chi connectivity index (χ2n) is 4.55. The SMILES string of the molecule is NC1CCC(c2nc3ccc(Br)cc3[nH]2)C1. The van der Waals surface area contributed by atoms with Crippen LogP contribution < -0.4 is 5.73 Å². The Morgan fingerprint density at radius 3 is 3.00 bits per heavy atom. The highest BCUT2D eigenvalue weighted by Gasteiger charge is 2.25. The standard InChI is InChI=1S/C12H14BrN3/c13-8-2-4-10-11(6-8)16-12(15-10)7-1-3-9(14)5-7/h2,4,6-7,9H,1,3,5,14H2,(H,15,16). The highest BCUT2D eigenvalue weighted by Crippen LogP contribution is 2.33. The molecular weight excluding hydrogens is 266 g/mol. The van der Waals surface area contributed by atoms with Gasteiger partial charge in [0.2, 0.25) is 0 Å². The van der Waals surface area contributed by atoms with Crippen molar-refractivity contribution in [1.29, 1.82) is 0 Å². The number of halogens is 1. The second kappa shape index (κ2) is 3.86. The van der Waals surface area contributed by atoms with E-state index < -0.39 is 0 Å². The molecule has 0 spiro atoms. The summed E-state index contributed by atoms with van der Waals surface area (Å²) >= 11 is 3.47. The molecule has 1 aromatic heterocycles. The van der Waals surface area contributed by atoms with Crippen molar-refractivity contribution in [2.45, 2.75) is 31.2 Å². The zero-order valence-corrected chi connectivity index (χ0v) is 10.5. The van der Waals surface area contributed by atoms with Crippen LogP contribution >= 0.6 is 15.9 Å². The van der Waals surface area contributed by atoms with Gasteiger partial charge in [-0.3, -0.25) is 0 Å². The summed E-state index contributed by atoms with van der Waals surface area (Å²) in [6.45, 7) is 0. The van der Waals surface area contributed by atoms with Crippen LogP contribution in [0.1, 0.15) is 31.0 Å². The molecule has 0 saturated heterocycles. The summed E-state index contributed by atoms with van der Waals surface area (Å²) in [6.07, 6.45) is 3.33. The summed E-state index contributed by atoms with van der Waals surface area (Å²) in [4.78, 5) is 8.04. The Bertz CT molecular complexity index is 520. The minimum absolute atomic E-state index is 0.352. The maximum Gasteiger partial charge on any atom is 0.110 e. The molecule has 4 heteroatoms. The van der Waals surface area contributed by atoms with Crippen LogP contribution in [0, 0.1) is 0 Å². The molecule has 2 aromatic rings. The Hall–Kier alpha value is -0.870. The van der Waals surface area contributed by atoms with Crippen LogP contribution in [0.4, 0.5) is 0 Å². The number of nitrogens with one attached hydrogen (secondary N) is 1. The van der Waals surface area contributed by atoms with E-state index in [4.69, 9.17) is 5.73 Å². The van der Waals surface area contributed by atoms with E-state index in [-0.39, 0.29) is 0 Å². The van der Waals surface area contributed by atoms with Crippen LogP contribution in [0.5, 0.6) is 0 Å². The third-order valence-electron chi connectivity index (χ3n) is 3.32. The normalized spacial score (nSPS) is 25.4. The largest absolute Gasteiger partial charge is 0.342 e. The molecule has 16 heavy (non-hydrogen) atoms. The van der Waals surface area contributed by atoms with Crippen molar-refractivity contribution in [3.63, 3.8) is 0 Å². The smallest absolute Gasteiger partial charge is 0.110 e. The molecule has 0 aliphatic heterocycles. The Kier molecular flexibility index (Phi) is 2.48. The van der Waals surface area contributed by atoms with Gasteiger partial charge in [-0.15, -0.1) is 0 Å². The van der Waals surface area contributed by atoms with Crippen LogP contribution in [-0.2, 0) is 0 Å². The molecule has 1 aliphatic rings.